The number of nitrogens with zero attached hydrogens (tertiary/aromatic N) is 3. The fourth-order valence-electron chi connectivity index (χ4n) is 2.47. The van der Waals surface area contributed by atoms with E-state index in [1.54, 1.807) is 0 Å². The molecule has 1 saturated heterocycles. The van der Waals surface area contributed by atoms with Crippen molar-refractivity contribution >= 4 is 5.82 Å². The van der Waals surface area contributed by atoms with Gasteiger partial charge in [-0.2, -0.15) is 0 Å². The first-order valence-corrected chi connectivity index (χ1v) is 6.86. The smallest absolute Gasteiger partial charge is 0.128 e. The lowest BCUT2D eigenvalue weighted by Gasteiger charge is -2.38. The summed E-state index contributed by atoms with van der Waals surface area (Å²) in [5.41, 5.74) is 0. The van der Waals surface area contributed by atoms with E-state index in [9.17, 15) is 0 Å². The quantitative estimate of drug-likeness (QED) is 0.848. The Labute approximate surface area is 110 Å². The Kier molecular flexibility index (Phi) is 4.96. The Balaban J connectivity index is 1.81. The average molecular weight is 248 g/mol. The Morgan fingerprint density at radius 1 is 1.28 bits per heavy atom. The third kappa shape index (κ3) is 3.43. The predicted molar refractivity (Wildman–Crippen MR) is 76.0 cm³/mol. The molecule has 18 heavy (non-hydrogen) atoms. The van der Waals surface area contributed by atoms with Gasteiger partial charge >= 0.3 is 0 Å². The number of pyridine rings is 1. The number of aromatic nitrogens is 1. The zero-order chi connectivity index (χ0) is 12.8. The van der Waals surface area contributed by atoms with Crippen molar-refractivity contribution in [1.29, 1.82) is 0 Å². The standard InChI is InChI=1S/C14H24N4/c1-13(6-8-15-2)17-9-11-18(12-10-17)14-5-3-4-7-16-14/h3-5,7,13,15H,6,8-12H2,1-2H3. The third-order valence-electron chi connectivity index (χ3n) is 3.72. The largest absolute Gasteiger partial charge is 0.354 e. The van der Waals surface area contributed by atoms with E-state index in [4.69, 9.17) is 0 Å². The zero-order valence-electron chi connectivity index (χ0n) is 11.5. The Morgan fingerprint density at radius 3 is 2.67 bits per heavy atom. The molecule has 1 aromatic heterocycles. The molecule has 1 atom stereocenters. The van der Waals surface area contributed by atoms with Gasteiger partial charge in [0.2, 0.25) is 0 Å². The van der Waals surface area contributed by atoms with Gasteiger partial charge in [-0.15, -0.1) is 0 Å². The summed E-state index contributed by atoms with van der Waals surface area (Å²) in [6.45, 7) is 7.88. The molecule has 0 saturated carbocycles. The minimum Gasteiger partial charge on any atom is -0.354 e. The summed E-state index contributed by atoms with van der Waals surface area (Å²) < 4.78 is 0. The maximum atomic E-state index is 4.42. The summed E-state index contributed by atoms with van der Waals surface area (Å²) in [5, 5.41) is 3.23. The highest BCUT2D eigenvalue weighted by molar-refractivity contribution is 5.38. The van der Waals surface area contributed by atoms with Crippen LogP contribution in [-0.4, -0.2) is 55.7 Å². The Morgan fingerprint density at radius 2 is 2.06 bits per heavy atom. The number of rotatable bonds is 5. The van der Waals surface area contributed by atoms with Gasteiger partial charge in [-0.3, -0.25) is 4.90 Å². The van der Waals surface area contributed by atoms with Gasteiger partial charge in [-0.05, 0) is 39.1 Å². The molecule has 2 heterocycles. The molecular weight excluding hydrogens is 224 g/mol. The molecule has 0 bridgehead atoms. The molecule has 1 fully saturated rings. The maximum absolute atomic E-state index is 4.42. The van der Waals surface area contributed by atoms with Crippen molar-refractivity contribution in [3.8, 4) is 0 Å². The number of anilines is 1. The maximum Gasteiger partial charge on any atom is 0.128 e. The number of hydrogen-bond donors (Lipinski definition) is 1. The van der Waals surface area contributed by atoms with Crippen molar-refractivity contribution in [2.45, 2.75) is 19.4 Å². The molecular formula is C14H24N4. The van der Waals surface area contributed by atoms with Crippen LogP contribution in [0.1, 0.15) is 13.3 Å². The van der Waals surface area contributed by atoms with E-state index in [1.165, 1.54) is 6.42 Å². The van der Waals surface area contributed by atoms with Gasteiger partial charge in [0.25, 0.3) is 0 Å². The summed E-state index contributed by atoms with van der Waals surface area (Å²) in [5.74, 6) is 1.11. The van der Waals surface area contributed by atoms with Crippen molar-refractivity contribution in [1.82, 2.24) is 15.2 Å². The van der Waals surface area contributed by atoms with E-state index in [-0.39, 0.29) is 0 Å². The van der Waals surface area contributed by atoms with Crippen molar-refractivity contribution < 1.29 is 0 Å². The van der Waals surface area contributed by atoms with Crippen LogP contribution in [0.3, 0.4) is 0 Å². The minimum atomic E-state index is 0.670. The molecule has 1 aromatic rings. The summed E-state index contributed by atoms with van der Waals surface area (Å²) in [4.78, 5) is 9.38. The lowest BCUT2D eigenvalue weighted by atomic mass is 10.1. The molecule has 0 amide bonds. The van der Waals surface area contributed by atoms with E-state index in [0.717, 1.165) is 38.5 Å². The topological polar surface area (TPSA) is 31.4 Å². The molecule has 1 aliphatic rings. The van der Waals surface area contributed by atoms with Gasteiger partial charge in [-0.1, -0.05) is 6.07 Å². The molecule has 2 rings (SSSR count). The molecule has 1 aliphatic heterocycles. The first kappa shape index (κ1) is 13.3. The van der Waals surface area contributed by atoms with Crippen molar-refractivity contribution in [3.63, 3.8) is 0 Å². The molecule has 0 aliphatic carbocycles. The second kappa shape index (κ2) is 6.71. The highest BCUT2D eigenvalue weighted by atomic mass is 15.3. The second-order valence-corrected chi connectivity index (χ2v) is 4.95. The Hall–Kier alpha value is -1.13. The summed E-state index contributed by atoms with van der Waals surface area (Å²) in [7, 11) is 2.02. The first-order chi connectivity index (χ1) is 8.81. The van der Waals surface area contributed by atoms with E-state index in [2.05, 4.69) is 39.2 Å². The van der Waals surface area contributed by atoms with Gasteiger partial charge in [-0.25, -0.2) is 4.98 Å². The number of nitrogens with one attached hydrogen (secondary N) is 1. The SMILES string of the molecule is CNCCC(C)N1CCN(c2ccccn2)CC1. The summed E-state index contributed by atoms with van der Waals surface area (Å²) >= 11 is 0. The molecule has 0 aromatic carbocycles. The van der Waals surface area contributed by atoms with Crippen LogP contribution < -0.4 is 10.2 Å². The molecule has 4 nitrogen and oxygen atoms in total. The van der Waals surface area contributed by atoms with E-state index < -0.39 is 0 Å². The van der Waals surface area contributed by atoms with Crippen LogP contribution in [0.2, 0.25) is 0 Å². The fraction of sp³-hybridized carbons (Fsp3) is 0.643. The highest BCUT2D eigenvalue weighted by Crippen LogP contribution is 2.14. The molecule has 100 valence electrons. The van der Waals surface area contributed by atoms with Crippen LogP contribution in [0, 0.1) is 0 Å². The first-order valence-electron chi connectivity index (χ1n) is 6.86. The normalized spacial score (nSPS) is 18.9. The summed E-state index contributed by atoms with van der Waals surface area (Å²) in [6.07, 6.45) is 3.09. The van der Waals surface area contributed by atoms with Gasteiger partial charge in [0.1, 0.15) is 5.82 Å². The van der Waals surface area contributed by atoms with Crippen LogP contribution in [0.4, 0.5) is 5.82 Å². The molecule has 1 N–H and O–H groups in total. The number of hydrogen-bond acceptors (Lipinski definition) is 4. The molecule has 0 spiro atoms. The van der Waals surface area contributed by atoms with E-state index in [1.807, 2.05) is 19.3 Å². The van der Waals surface area contributed by atoms with Crippen molar-refractivity contribution in [2.24, 2.45) is 0 Å². The lowest BCUT2D eigenvalue weighted by Crippen LogP contribution is -2.50. The predicted octanol–water partition coefficient (Wildman–Crippen LogP) is 1.20. The molecule has 0 radical (unpaired) electrons. The van der Waals surface area contributed by atoms with Crippen LogP contribution >= 0.6 is 0 Å². The summed E-state index contributed by atoms with van der Waals surface area (Å²) in [6, 6.07) is 6.80. The highest BCUT2D eigenvalue weighted by Gasteiger charge is 2.21. The zero-order valence-corrected chi connectivity index (χ0v) is 11.5. The second-order valence-electron chi connectivity index (χ2n) is 4.95. The van der Waals surface area contributed by atoms with E-state index in [0.29, 0.717) is 6.04 Å². The fourth-order valence-corrected chi connectivity index (χ4v) is 2.47. The van der Waals surface area contributed by atoms with Crippen molar-refractivity contribution in [3.05, 3.63) is 24.4 Å². The molecule has 1 unspecified atom stereocenters. The van der Waals surface area contributed by atoms with Crippen LogP contribution in [0.5, 0.6) is 0 Å². The average Bonchev–Trinajstić information content (AvgIpc) is 2.46. The van der Waals surface area contributed by atoms with Gasteiger partial charge in [0, 0.05) is 38.4 Å². The van der Waals surface area contributed by atoms with Crippen LogP contribution in [-0.2, 0) is 0 Å². The lowest BCUT2D eigenvalue weighted by molar-refractivity contribution is 0.188. The van der Waals surface area contributed by atoms with Gasteiger partial charge < -0.3 is 10.2 Å². The van der Waals surface area contributed by atoms with Gasteiger partial charge in [0.05, 0.1) is 0 Å². The van der Waals surface area contributed by atoms with Gasteiger partial charge in [0.15, 0.2) is 0 Å². The monoisotopic (exact) mass is 248 g/mol. The minimum absolute atomic E-state index is 0.670. The number of piperazine rings is 1. The van der Waals surface area contributed by atoms with Crippen LogP contribution in [0.25, 0.3) is 0 Å². The Bertz CT molecular complexity index is 333. The third-order valence-corrected chi connectivity index (χ3v) is 3.72. The van der Waals surface area contributed by atoms with Crippen molar-refractivity contribution in [2.75, 3.05) is 44.7 Å². The molecule has 4 heteroatoms. The van der Waals surface area contributed by atoms with Crippen LogP contribution in [0.15, 0.2) is 24.4 Å². The van der Waals surface area contributed by atoms with E-state index >= 15 is 0 Å².